The van der Waals surface area contributed by atoms with Crippen LogP contribution < -0.4 is 11.1 Å². The molecule has 0 fully saturated rings. The van der Waals surface area contributed by atoms with Crippen LogP contribution in [-0.2, 0) is 4.79 Å². The molecule has 0 spiro atoms. The van der Waals surface area contributed by atoms with Crippen molar-refractivity contribution in [1.29, 1.82) is 0 Å². The second kappa shape index (κ2) is 7.76. The third-order valence-electron chi connectivity index (χ3n) is 3.61. The molecule has 0 saturated carbocycles. The van der Waals surface area contributed by atoms with Gasteiger partial charge in [-0.15, -0.1) is 0 Å². The molecule has 0 bridgehead atoms. The van der Waals surface area contributed by atoms with E-state index in [1.165, 1.54) is 18.2 Å². The summed E-state index contributed by atoms with van der Waals surface area (Å²) in [5, 5.41) is 2.94. The zero-order valence-corrected chi connectivity index (χ0v) is 13.6. The van der Waals surface area contributed by atoms with Gasteiger partial charge in [-0.3, -0.25) is 4.79 Å². The largest absolute Gasteiger partial charge is 0.330 e. The zero-order valence-electron chi connectivity index (χ0n) is 12.9. The number of anilines is 1. The van der Waals surface area contributed by atoms with Gasteiger partial charge in [-0.2, -0.15) is 0 Å². The molecule has 1 unspecified atom stereocenters. The van der Waals surface area contributed by atoms with E-state index >= 15 is 0 Å². The summed E-state index contributed by atoms with van der Waals surface area (Å²) in [5.41, 5.74) is 6.13. The Kier molecular flexibility index (Phi) is 6.62. The molecule has 21 heavy (non-hydrogen) atoms. The average Bonchev–Trinajstić information content (AvgIpc) is 2.31. The topological polar surface area (TPSA) is 55.1 Å². The maximum atomic E-state index is 13.2. The van der Waals surface area contributed by atoms with Crippen molar-refractivity contribution in [2.24, 2.45) is 17.1 Å². The number of carbonyl (C=O) groups is 1. The zero-order chi connectivity index (χ0) is 16.0. The molecule has 0 aliphatic heterocycles. The first-order chi connectivity index (χ1) is 9.72. The van der Waals surface area contributed by atoms with Gasteiger partial charge in [0.05, 0.1) is 0 Å². The van der Waals surface area contributed by atoms with E-state index in [0.29, 0.717) is 24.6 Å². The SMILES string of the molecule is CC(C)(C)C(CCN)CCC(=O)Nc1cc(F)cc(Cl)c1. The minimum absolute atomic E-state index is 0.113. The van der Waals surface area contributed by atoms with E-state index in [9.17, 15) is 9.18 Å². The maximum absolute atomic E-state index is 13.2. The molecule has 0 saturated heterocycles. The normalized spacial score (nSPS) is 13.0. The Morgan fingerprint density at radius 2 is 2.00 bits per heavy atom. The van der Waals surface area contributed by atoms with Crippen LogP contribution in [-0.4, -0.2) is 12.5 Å². The van der Waals surface area contributed by atoms with Gasteiger partial charge in [-0.25, -0.2) is 4.39 Å². The smallest absolute Gasteiger partial charge is 0.224 e. The van der Waals surface area contributed by atoms with Crippen LogP contribution in [0.2, 0.25) is 5.02 Å². The summed E-state index contributed by atoms with van der Waals surface area (Å²) < 4.78 is 13.2. The number of benzene rings is 1. The Morgan fingerprint density at radius 3 is 2.52 bits per heavy atom. The summed E-state index contributed by atoms with van der Waals surface area (Å²) in [4.78, 5) is 12.0. The molecular formula is C16H24ClFN2O. The van der Waals surface area contributed by atoms with Crippen molar-refractivity contribution in [3.8, 4) is 0 Å². The van der Waals surface area contributed by atoms with Crippen LogP contribution in [0.5, 0.6) is 0 Å². The molecule has 3 N–H and O–H groups in total. The van der Waals surface area contributed by atoms with Crippen LogP contribution >= 0.6 is 11.6 Å². The van der Waals surface area contributed by atoms with Crippen LogP contribution in [0.1, 0.15) is 40.0 Å². The molecule has 0 aromatic heterocycles. The molecule has 118 valence electrons. The molecule has 5 heteroatoms. The lowest BCUT2D eigenvalue weighted by molar-refractivity contribution is -0.116. The van der Waals surface area contributed by atoms with Crippen LogP contribution in [0.3, 0.4) is 0 Å². The minimum atomic E-state index is -0.464. The highest BCUT2D eigenvalue weighted by Crippen LogP contribution is 2.32. The molecule has 1 aromatic rings. The Labute approximate surface area is 131 Å². The van der Waals surface area contributed by atoms with Crippen LogP contribution in [0.4, 0.5) is 10.1 Å². The second-order valence-electron chi connectivity index (χ2n) is 6.39. The van der Waals surface area contributed by atoms with E-state index in [0.717, 1.165) is 12.8 Å². The second-order valence-corrected chi connectivity index (χ2v) is 6.82. The molecule has 1 amide bonds. The Balaban J connectivity index is 2.57. The van der Waals surface area contributed by atoms with Gasteiger partial charge in [0.1, 0.15) is 5.82 Å². The van der Waals surface area contributed by atoms with Crippen LogP contribution in [0.25, 0.3) is 0 Å². The number of amides is 1. The number of halogens is 2. The summed E-state index contributed by atoms with van der Waals surface area (Å²) in [6, 6.07) is 3.99. The van der Waals surface area contributed by atoms with E-state index in [1.54, 1.807) is 0 Å². The monoisotopic (exact) mass is 314 g/mol. The fraction of sp³-hybridized carbons (Fsp3) is 0.562. The first-order valence-corrected chi connectivity index (χ1v) is 7.56. The van der Waals surface area contributed by atoms with E-state index < -0.39 is 5.82 Å². The lowest BCUT2D eigenvalue weighted by Crippen LogP contribution is -2.25. The van der Waals surface area contributed by atoms with Crippen molar-refractivity contribution in [2.45, 2.75) is 40.0 Å². The van der Waals surface area contributed by atoms with Gasteiger partial charge in [0.25, 0.3) is 0 Å². The van der Waals surface area contributed by atoms with Crippen molar-refractivity contribution >= 4 is 23.2 Å². The van der Waals surface area contributed by atoms with E-state index in [-0.39, 0.29) is 16.3 Å². The summed E-state index contributed by atoms with van der Waals surface area (Å²) in [5.74, 6) is -0.221. The molecule has 3 nitrogen and oxygen atoms in total. The molecular weight excluding hydrogens is 291 g/mol. The quantitative estimate of drug-likeness (QED) is 0.826. The number of nitrogens with two attached hydrogens (primary N) is 1. The highest BCUT2D eigenvalue weighted by molar-refractivity contribution is 6.30. The van der Waals surface area contributed by atoms with Gasteiger partial charge in [0.15, 0.2) is 0 Å². The highest BCUT2D eigenvalue weighted by atomic mass is 35.5. The first kappa shape index (κ1) is 17.9. The predicted molar refractivity (Wildman–Crippen MR) is 85.9 cm³/mol. The number of hydrogen-bond donors (Lipinski definition) is 2. The number of carbonyl (C=O) groups excluding carboxylic acids is 1. The van der Waals surface area contributed by atoms with E-state index in [1.807, 2.05) is 0 Å². The van der Waals surface area contributed by atoms with Gasteiger partial charge in [-0.05, 0) is 48.9 Å². The summed E-state index contributed by atoms with van der Waals surface area (Å²) in [6.45, 7) is 7.07. The molecule has 0 aliphatic carbocycles. The van der Waals surface area contributed by atoms with Crippen LogP contribution in [0, 0.1) is 17.2 Å². The van der Waals surface area contributed by atoms with Crippen molar-refractivity contribution in [3.05, 3.63) is 29.0 Å². The number of nitrogens with one attached hydrogen (secondary N) is 1. The van der Waals surface area contributed by atoms with Crippen molar-refractivity contribution in [3.63, 3.8) is 0 Å². The molecule has 0 heterocycles. The van der Waals surface area contributed by atoms with Crippen LogP contribution in [0.15, 0.2) is 18.2 Å². The fourth-order valence-electron chi connectivity index (χ4n) is 2.37. The van der Waals surface area contributed by atoms with E-state index in [2.05, 4.69) is 26.1 Å². The maximum Gasteiger partial charge on any atom is 0.224 e. The van der Waals surface area contributed by atoms with Gasteiger partial charge in [0.2, 0.25) is 5.91 Å². The summed E-state index contributed by atoms with van der Waals surface area (Å²) >= 11 is 5.76. The Hall–Kier alpha value is -1.13. The molecule has 1 rings (SSSR count). The third kappa shape index (κ3) is 6.44. The lowest BCUT2D eigenvalue weighted by Gasteiger charge is -2.30. The predicted octanol–water partition coefficient (Wildman–Crippen LogP) is 4.21. The third-order valence-corrected chi connectivity index (χ3v) is 3.82. The standard InChI is InChI=1S/C16H24ClFN2O/c1-16(2,3)11(6-7-19)4-5-15(21)20-14-9-12(17)8-13(18)10-14/h8-11H,4-7,19H2,1-3H3,(H,20,21). The number of hydrogen-bond acceptors (Lipinski definition) is 2. The molecule has 0 radical (unpaired) electrons. The Bertz CT molecular complexity index is 465. The minimum Gasteiger partial charge on any atom is -0.330 e. The average molecular weight is 315 g/mol. The summed E-state index contributed by atoms with van der Waals surface area (Å²) in [7, 11) is 0. The highest BCUT2D eigenvalue weighted by Gasteiger charge is 2.24. The fourth-order valence-corrected chi connectivity index (χ4v) is 2.59. The number of rotatable bonds is 6. The van der Waals surface area contributed by atoms with Crippen molar-refractivity contribution in [1.82, 2.24) is 0 Å². The molecule has 0 aliphatic rings. The Morgan fingerprint density at radius 1 is 1.33 bits per heavy atom. The lowest BCUT2D eigenvalue weighted by atomic mass is 9.76. The molecule has 1 atom stereocenters. The summed E-state index contributed by atoms with van der Waals surface area (Å²) in [6.07, 6.45) is 2.04. The molecule has 1 aromatic carbocycles. The van der Waals surface area contributed by atoms with Crippen molar-refractivity contribution < 1.29 is 9.18 Å². The van der Waals surface area contributed by atoms with Gasteiger partial charge >= 0.3 is 0 Å². The van der Waals surface area contributed by atoms with Gasteiger partial charge in [0, 0.05) is 17.1 Å². The van der Waals surface area contributed by atoms with E-state index in [4.69, 9.17) is 17.3 Å². The van der Waals surface area contributed by atoms with Gasteiger partial charge in [-0.1, -0.05) is 32.4 Å². The van der Waals surface area contributed by atoms with Gasteiger partial charge < -0.3 is 11.1 Å². The van der Waals surface area contributed by atoms with Crippen molar-refractivity contribution in [2.75, 3.05) is 11.9 Å². The first-order valence-electron chi connectivity index (χ1n) is 7.18.